The number of hydrogen-bond acceptors (Lipinski definition) is 4. The number of rotatable bonds is 7. The largest absolute Gasteiger partial charge is 0.366 e. The highest BCUT2D eigenvalue weighted by Gasteiger charge is 2.19. The van der Waals surface area contributed by atoms with Crippen LogP contribution >= 0.6 is 0 Å². The van der Waals surface area contributed by atoms with Crippen molar-refractivity contribution in [1.29, 1.82) is 0 Å². The topological polar surface area (TPSA) is 52.6 Å². The standard InChI is InChI=1S/C10H18O4/c1-9(2,7-11)13-5-6-14-10(3,4)8-12/h7-8H,5-6H2,1-4H3. The molecule has 0 amide bonds. The second kappa shape index (κ2) is 5.22. The molecule has 0 aliphatic carbocycles. The summed E-state index contributed by atoms with van der Waals surface area (Å²) in [5, 5.41) is 0. The van der Waals surface area contributed by atoms with Gasteiger partial charge in [-0.25, -0.2) is 0 Å². The van der Waals surface area contributed by atoms with Crippen molar-refractivity contribution in [1.82, 2.24) is 0 Å². The zero-order valence-corrected chi connectivity index (χ0v) is 9.20. The van der Waals surface area contributed by atoms with Crippen molar-refractivity contribution in [2.75, 3.05) is 13.2 Å². The molecule has 0 spiro atoms. The van der Waals surface area contributed by atoms with E-state index < -0.39 is 11.2 Å². The SMILES string of the molecule is CC(C)(C=O)OCCOC(C)(C)C=O. The summed E-state index contributed by atoms with van der Waals surface area (Å²) in [6.45, 7) is 7.28. The Balaban J connectivity index is 3.67. The zero-order valence-electron chi connectivity index (χ0n) is 9.20. The number of carbonyl (C=O) groups excluding carboxylic acids is 2. The molecule has 0 N–H and O–H groups in total. The van der Waals surface area contributed by atoms with Gasteiger partial charge in [0, 0.05) is 0 Å². The van der Waals surface area contributed by atoms with E-state index in [1.54, 1.807) is 27.7 Å². The van der Waals surface area contributed by atoms with Gasteiger partial charge in [0.1, 0.15) is 11.2 Å². The average Bonchev–Trinajstić information content (AvgIpc) is 2.13. The predicted octanol–water partition coefficient (Wildman–Crippen LogP) is 0.975. The molecule has 0 saturated heterocycles. The number of aldehydes is 2. The highest BCUT2D eigenvalue weighted by molar-refractivity contribution is 5.61. The minimum absolute atomic E-state index is 0.295. The van der Waals surface area contributed by atoms with Crippen LogP contribution in [0.25, 0.3) is 0 Å². The maximum Gasteiger partial charge on any atom is 0.151 e. The summed E-state index contributed by atoms with van der Waals surface area (Å²) in [5.74, 6) is 0. The first-order valence-electron chi connectivity index (χ1n) is 4.53. The van der Waals surface area contributed by atoms with Crippen LogP contribution in [0.5, 0.6) is 0 Å². The molecule has 82 valence electrons. The molecular weight excluding hydrogens is 184 g/mol. The molecule has 0 atom stereocenters. The van der Waals surface area contributed by atoms with Crippen molar-refractivity contribution in [2.24, 2.45) is 0 Å². The maximum atomic E-state index is 10.5. The summed E-state index contributed by atoms with van der Waals surface area (Å²) in [6.07, 6.45) is 1.47. The van der Waals surface area contributed by atoms with Gasteiger partial charge in [0.25, 0.3) is 0 Å². The highest BCUT2D eigenvalue weighted by atomic mass is 16.5. The Morgan fingerprint density at radius 2 is 1.14 bits per heavy atom. The highest BCUT2D eigenvalue weighted by Crippen LogP contribution is 2.07. The van der Waals surface area contributed by atoms with Gasteiger partial charge >= 0.3 is 0 Å². The summed E-state index contributed by atoms with van der Waals surface area (Å²) in [7, 11) is 0. The van der Waals surface area contributed by atoms with Crippen LogP contribution in [0.4, 0.5) is 0 Å². The van der Waals surface area contributed by atoms with E-state index in [2.05, 4.69) is 0 Å². The van der Waals surface area contributed by atoms with Crippen LogP contribution in [0, 0.1) is 0 Å². The van der Waals surface area contributed by atoms with Crippen LogP contribution in [0.2, 0.25) is 0 Å². The molecule has 0 aliphatic heterocycles. The average molecular weight is 202 g/mol. The smallest absolute Gasteiger partial charge is 0.151 e. The van der Waals surface area contributed by atoms with Crippen molar-refractivity contribution in [3.05, 3.63) is 0 Å². The van der Waals surface area contributed by atoms with Crippen LogP contribution in [-0.4, -0.2) is 37.0 Å². The Labute approximate surface area is 84.6 Å². The second-order valence-corrected chi connectivity index (χ2v) is 4.14. The van der Waals surface area contributed by atoms with E-state index in [0.29, 0.717) is 13.2 Å². The van der Waals surface area contributed by atoms with Gasteiger partial charge in [-0.1, -0.05) is 0 Å². The summed E-state index contributed by atoms with van der Waals surface area (Å²) >= 11 is 0. The quantitative estimate of drug-likeness (QED) is 0.456. The fourth-order valence-electron chi connectivity index (χ4n) is 0.677. The summed E-state index contributed by atoms with van der Waals surface area (Å²) in [6, 6.07) is 0. The van der Waals surface area contributed by atoms with Gasteiger partial charge in [-0.3, -0.25) is 0 Å². The Kier molecular flexibility index (Phi) is 4.94. The van der Waals surface area contributed by atoms with Crippen molar-refractivity contribution in [3.63, 3.8) is 0 Å². The molecular formula is C10H18O4. The zero-order chi connectivity index (χ0) is 11.2. The number of hydrogen-bond donors (Lipinski definition) is 0. The molecule has 0 unspecified atom stereocenters. The fourth-order valence-corrected chi connectivity index (χ4v) is 0.677. The van der Waals surface area contributed by atoms with Gasteiger partial charge in [0.05, 0.1) is 13.2 Å². The first kappa shape index (κ1) is 13.3. The van der Waals surface area contributed by atoms with Crippen molar-refractivity contribution < 1.29 is 19.1 Å². The van der Waals surface area contributed by atoms with Gasteiger partial charge in [-0.05, 0) is 27.7 Å². The number of carbonyl (C=O) groups is 2. The minimum atomic E-state index is -0.783. The van der Waals surface area contributed by atoms with Crippen molar-refractivity contribution in [3.8, 4) is 0 Å². The van der Waals surface area contributed by atoms with E-state index in [1.807, 2.05) is 0 Å². The lowest BCUT2D eigenvalue weighted by molar-refractivity contribution is -0.137. The van der Waals surface area contributed by atoms with E-state index in [4.69, 9.17) is 9.47 Å². The second-order valence-electron chi connectivity index (χ2n) is 4.14. The molecule has 0 rings (SSSR count). The maximum absolute atomic E-state index is 10.5. The first-order chi connectivity index (χ1) is 6.33. The van der Waals surface area contributed by atoms with Gasteiger partial charge < -0.3 is 19.1 Å². The third-order valence-corrected chi connectivity index (χ3v) is 1.60. The fraction of sp³-hybridized carbons (Fsp3) is 0.800. The van der Waals surface area contributed by atoms with E-state index in [1.165, 1.54) is 0 Å². The predicted molar refractivity (Wildman–Crippen MR) is 52.2 cm³/mol. The van der Waals surface area contributed by atoms with Gasteiger partial charge in [-0.15, -0.1) is 0 Å². The molecule has 0 radical (unpaired) electrons. The molecule has 0 aromatic rings. The third kappa shape index (κ3) is 5.83. The molecule has 0 fully saturated rings. The lowest BCUT2D eigenvalue weighted by Gasteiger charge is -2.21. The molecule has 0 bridgehead atoms. The monoisotopic (exact) mass is 202 g/mol. The van der Waals surface area contributed by atoms with Crippen molar-refractivity contribution >= 4 is 12.6 Å². The molecule has 4 nitrogen and oxygen atoms in total. The normalized spacial score (nSPS) is 12.6. The van der Waals surface area contributed by atoms with Crippen LogP contribution in [-0.2, 0) is 19.1 Å². The van der Waals surface area contributed by atoms with Gasteiger partial charge in [-0.2, -0.15) is 0 Å². The van der Waals surface area contributed by atoms with E-state index >= 15 is 0 Å². The van der Waals surface area contributed by atoms with Crippen LogP contribution in [0.1, 0.15) is 27.7 Å². The molecule has 0 aliphatic rings. The lowest BCUT2D eigenvalue weighted by atomic mass is 10.2. The Morgan fingerprint density at radius 3 is 1.36 bits per heavy atom. The van der Waals surface area contributed by atoms with Crippen molar-refractivity contribution in [2.45, 2.75) is 38.9 Å². The first-order valence-corrected chi connectivity index (χ1v) is 4.53. The van der Waals surface area contributed by atoms with E-state index in [9.17, 15) is 9.59 Å². The molecule has 0 saturated carbocycles. The van der Waals surface area contributed by atoms with Crippen LogP contribution in [0.3, 0.4) is 0 Å². The summed E-state index contributed by atoms with van der Waals surface area (Å²) in [4.78, 5) is 20.9. The molecule has 14 heavy (non-hydrogen) atoms. The Bertz CT molecular complexity index is 174. The van der Waals surface area contributed by atoms with Gasteiger partial charge in [0.2, 0.25) is 0 Å². The Hall–Kier alpha value is -0.740. The molecule has 0 aromatic heterocycles. The lowest BCUT2D eigenvalue weighted by Crippen LogP contribution is -2.31. The minimum Gasteiger partial charge on any atom is -0.366 e. The Morgan fingerprint density at radius 1 is 0.857 bits per heavy atom. The molecule has 4 heteroatoms. The molecule has 0 heterocycles. The summed E-state index contributed by atoms with van der Waals surface area (Å²) < 4.78 is 10.4. The molecule has 0 aromatic carbocycles. The number of ether oxygens (including phenoxy) is 2. The third-order valence-electron chi connectivity index (χ3n) is 1.60. The van der Waals surface area contributed by atoms with E-state index in [-0.39, 0.29) is 0 Å². The van der Waals surface area contributed by atoms with Crippen LogP contribution < -0.4 is 0 Å². The van der Waals surface area contributed by atoms with Gasteiger partial charge in [0.15, 0.2) is 12.6 Å². The van der Waals surface area contributed by atoms with E-state index in [0.717, 1.165) is 12.6 Å². The summed E-state index contributed by atoms with van der Waals surface area (Å²) in [5.41, 5.74) is -1.57. The van der Waals surface area contributed by atoms with Crippen LogP contribution in [0.15, 0.2) is 0 Å².